The molecule has 1 unspecified atom stereocenters. The van der Waals surface area contributed by atoms with Gasteiger partial charge in [-0.3, -0.25) is 0 Å². The van der Waals surface area contributed by atoms with Crippen LogP contribution >= 0.6 is 0 Å². The minimum atomic E-state index is -3.02. The number of nitrogens with one attached hydrogen (secondary N) is 1. The Hall–Kier alpha value is -1.07. The summed E-state index contributed by atoms with van der Waals surface area (Å²) in [5.41, 5.74) is 1.28. The average Bonchev–Trinajstić information content (AvgIpc) is 2.59. The highest BCUT2D eigenvalue weighted by Crippen LogP contribution is 2.27. The van der Waals surface area contributed by atoms with Gasteiger partial charge in [-0.15, -0.1) is 0 Å². The topological polar surface area (TPSA) is 66.4 Å². The van der Waals surface area contributed by atoms with Crippen molar-refractivity contribution < 1.29 is 13.5 Å². The molecule has 94 valence electrons. The van der Waals surface area contributed by atoms with E-state index in [0.29, 0.717) is 6.42 Å². The van der Waals surface area contributed by atoms with E-state index in [4.69, 9.17) is 0 Å². The van der Waals surface area contributed by atoms with E-state index in [2.05, 4.69) is 5.32 Å². The molecule has 1 aliphatic rings. The largest absolute Gasteiger partial charge is 0.394 e. The number of hydrogen-bond donors (Lipinski definition) is 2. The van der Waals surface area contributed by atoms with Crippen molar-refractivity contribution in [2.45, 2.75) is 18.9 Å². The third-order valence-electron chi connectivity index (χ3n) is 3.15. The van der Waals surface area contributed by atoms with Gasteiger partial charge < -0.3 is 10.4 Å². The molecule has 1 aliphatic heterocycles. The second kappa shape index (κ2) is 4.31. The quantitative estimate of drug-likeness (QED) is 0.844. The first-order valence-electron chi connectivity index (χ1n) is 5.61. The molecule has 17 heavy (non-hydrogen) atoms. The molecular weight excluding hydrogens is 238 g/mol. The van der Waals surface area contributed by atoms with Crippen LogP contribution in [0.25, 0.3) is 0 Å². The zero-order valence-electron chi connectivity index (χ0n) is 9.81. The van der Waals surface area contributed by atoms with Crippen LogP contribution in [0.5, 0.6) is 0 Å². The van der Waals surface area contributed by atoms with Crippen LogP contribution in [0.2, 0.25) is 0 Å². The number of anilines is 1. The predicted molar refractivity (Wildman–Crippen MR) is 67.9 cm³/mol. The van der Waals surface area contributed by atoms with Crippen molar-refractivity contribution in [1.82, 2.24) is 0 Å². The number of sulfone groups is 1. The summed E-state index contributed by atoms with van der Waals surface area (Å²) in [5, 5.41) is 12.6. The zero-order chi connectivity index (χ0) is 12.5. The van der Waals surface area contributed by atoms with Gasteiger partial charge in [0.2, 0.25) is 0 Å². The Morgan fingerprint density at radius 1 is 1.35 bits per heavy atom. The highest BCUT2D eigenvalue weighted by atomic mass is 32.2. The van der Waals surface area contributed by atoms with E-state index in [9.17, 15) is 13.5 Å². The lowest BCUT2D eigenvalue weighted by molar-refractivity contribution is 0.226. The fourth-order valence-corrected chi connectivity index (χ4v) is 4.12. The molecule has 0 amide bonds. The molecule has 1 fully saturated rings. The Balaban J connectivity index is 2.18. The number of aryl methyl sites for hydroxylation is 1. The van der Waals surface area contributed by atoms with Crippen molar-refractivity contribution in [2.75, 3.05) is 23.4 Å². The fourth-order valence-electron chi connectivity index (χ4n) is 2.12. The van der Waals surface area contributed by atoms with E-state index in [0.717, 1.165) is 11.3 Å². The Bertz CT molecular complexity index is 495. The van der Waals surface area contributed by atoms with Crippen LogP contribution in [0.3, 0.4) is 0 Å². The molecule has 4 nitrogen and oxygen atoms in total. The molecule has 0 aromatic heterocycles. The zero-order valence-corrected chi connectivity index (χ0v) is 10.6. The van der Waals surface area contributed by atoms with Crippen LogP contribution in [0.1, 0.15) is 12.0 Å². The lowest BCUT2D eigenvalue weighted by Gasteiger charge is -2.28. The minimum absolute atomic E-state index is 0.00434. The van der Waals surface area contributed by atoms with Gasteiger partial charge in [-0.2, -0.15) is 0 Å². The van der Waals surface area contributed by atoms with Crippen molar-refractivity contribution in [3.8, 4) is 0 Å². The Kier molecular flexibility index (Phi) is 3.14. The lowest BCUT2D eigenvalue weighted by atomic mass is 9.99. The third kappa shape index (κ3) is 2.79. The number of rotatable bonds is 3. The van der Waals surface area contributed by atoms with Gasteiger partial charge in [-0.05, 0) is 25.5 Å². The van der Waals surface area contributed by atoms with Crippen molar-refractivity contribution in [3.05, 3.63) is 29.8 Å². The standard InChI is InChI=1S/C12H17NO3S/c1-10-2-4-11(5-3-10)13-12(8-14)6-7-17(15,16)9-12/h2-5,13-14H,6-9H2,1H3. The Labute approximate surface area is 102 Å². The van der Waals surface area contributed by atoms with Crippen molar-refractivity contribution in [2.24, 2.45) is 0 Å². The van der Waals surface area contributed by atoms with Crippen LogP contribution < -0.4 is 5.32 Å². The highest BCUT2D eigenvalue weighted by Gasteiger charge is 2.41. The van der Waals surface area contributed by atoms with Gasteiger partial charge in [0.15, 0.2) is 9.84 Å². The average molecular weight is 255 g/mol. The lowest BCUT2D eigenvalue weighted by Crippen LogP contribution is -2.43. The van der Waals surface area contributed by atoms with Crippen LogP contribution in [-0.2, 0) is 9.84 Å². The van der Waals surface area contributed by atoms with E-state index >= 15 is 0 Å². The first-order valence-corrected chi connectivity index (χ1v) is 7.43. The van der Waals surface area contributed by atoms with Crippen LogP contribution in [0, 0.1) is 6.92 Å². The Morgan fingerprint density at radius 3 is 2.47 bits per heavy atom. The molecule has 1 heterocycles. The summed E-state index contributed by atoms with van der Waals surface area (Å²) in [5.74, 6) is 0.150. The monoisotopic (exact) mass is 255 g/mol. The molecule has 0 spiro atoms. The van der Waals surface area contributed by atoms with Gasteiger partial charge in [-0.25, -0.2) is 8.42 Å². The maximum atomic E-state index is 11.5. The van der Waals surface area contributed by atoms with Crippen LogP contribution in [0.15, 0.2) is 24.3 Å². The fraction of sp³-hybridized carbons (Fsp3) is 0.500. The summed E-state index contributed by atoms with van der Waals surface area (Å²) < 4.78 is 23.0. The molecular formula is C12H17NO3S. The number of aliphatic hydroxyl groups is 1. The van der Waals surface area contributed by atoms with Gasteiger partial charge in [-0.1, -0.05) is 17.7 Å². The molecule has 0 aliphatic carbocycles. The summed E-state index contributed by atoms with van der Waals surface area (Å²) >= 11 is 0. The smallest absolute Gasteiger partial charge is 0.152 e. The molecule has 0 saturated carbocycles. The number of hydrogen-bond acceptors (Lipinski definition) is 4. The maximum absolute atomic E-state index is 11.5. The molecule has 5 heteroatoms. The summed E-state index contributed by atoms with van der Waals surface area (Å²) in [6.07, 6.45) is 0.458. The normalized spacial score (nSPS) is 26.9. The van der Waals surface area contributed by atoms with E-state index in [1.807, 2.05) is 31.2 Å². The predicted octanol–water partition coefficient (Wildman–Crippen LogP) is 0.957. The summed E-state index contributed by atoms with van der Waals surface area (Å²) in [7, 11) is -3.02. The van der Waals surface area contributed by atoms with E-state index < -0.39 is 15.4 Å². The van der Waals surface area contributed by atoms with Gasteiger partial charge in [0.05, 0.1) is 23.7 Å². The van der Waals surface area contributed by atoms with E-state index in [1.54, 1.807) is 0 Å². The Morgan fingerprint density at radius 2 is 2.00 bits per heavy atom. The summed E-state index contributed by atoms with van der Waals surface area (Å²) in [6, 6.07) is 7.71. The molecule has 1 aromatic carbocycles. The highest BCUT2D eigenvalue weighted by molar-refractivity contribution is 7.91. The molecule has 0 radical (unpaired) electrons. The second-order valence-electron chi connectivity index (χ2n) is 4.77. The summed E-state index contributed by atoms with van der Waals surface area (Å²) in [4.78, 5) is 0. The number of aliphatic hydroxyl groups excluding tert-OH is 1. The van der Waals surface area contributed by atoms with Crippen molar-refractivity contribution in [3.63, 3.8) is 0 Å². The van der Waals surface area contributed by atoms with Crippen molar-refractivity contribution in [1.29, 1.82) is 0 Å². The van der Waals surface area contributed by atoms with E-state index in [1.165, 1.54) is 0 Å². The van der Waals surface area contributed by atoms with Gasteiger partial charge in [0, 0.05) is 5.69 Å². The van der Waals surface area contributed by atoms with Gasteiger partial charge in [0.25, 0.3) is 0 Å². The molecule has 0 bridgehead atoms. The maximum Gasteiger partial charge on any atom is 0.152 e. The molecule has 1 aromatic rings. The number of benzene rings is 1. The van der Waals surface area contributed by atoms with Crippen molar-refractivity contribution >= 4 is 15.5 Å². The first kappa shape index (κ1) is 12.4. The van der Waals surface area contributed by atoms with E-state index in [-0.39, 0.29) is 18.1 Å². The second-order valence-corrected chi connectivity index (χ2v) is 6.96. The van der Waals surface area contributed by atoms with Crippen LogP contribution in [-0.4, -0.2) is 37.2 Å². The van der Waals surface area contributed by atoms with Crippen LogP contribution in [0.4, 0.5) is 5.69 Å². The first-order chi connectivity index (χ1) is 7.95. The van der Waals surface area contributed by atoms with Gasteiger partial charge in [0.1, 0.15) is 0 Å². The molecule has 2 rings (SSSR count). The molecule has 1 atom stereocenters. The van der Waals surface area contributed by atoms with Gasteiger partial charge >= 0.3 is 0 Å². The molecule has 1 saturated heterocycles. The molecule has 2 N–H and O–H groups in total. The SMILES string of the molecule is Cc1ccc(NC2(CO)CCS(=O)(=O)C2)cc1. The summed E-state index contributed by atoms with van der Waals surface area (Å²) in [6.45, 7) is 1.83. The minimum Gasteiger partial charge on any atom is -0.394 e. The third-order valence-corrected chi connectivity index (χ3v) is 4.97.